The molecule has 4 nitrogen and oxygen atoms in total. The van der Waals surface area contributed by atoms with Crippen LogP contribution in [0.25, 0.3) is 0 Å². The SMILES string of the molecule is O=C(CN1CCCCCC1CO)c1ccc[nH]1. The smallest absolute Gasteiger partial charge is 0.192 e. The van der Waals surface area contributed by atoms with Crippen LogP contribution in [0, 0.1) is 0 Å². The first kappa shape index (κ1) is 12.3. The summed E-state index contributed by atoms with van der Waals surface area (Å²) in [6.45, 7) is 1.47. The summed E-state index contributed by atoms with van der Waals surface area (Å²) in [4.78, 5) is 17.1. The lowest BCUT2D eigenvalue weighted by molar-refractivity contribution is 0.0822. The normalized spacial score (nSPS) is 22.3. The minimum atomic E-state index is 0.107. The van der Waals surface area contributed by atoms with Crippen LogP contribution in [-0.4, -0.2) is 46.5 Å². The van der Waals surface area contributed by atoms with Gasteiger partial charge < -0.3 is 10.1 Å². The van der Waals surface area contributed by atoms with Crippen LogP contribution in [0.15, 0.2) is 18.3 Å². The Kier molecular flexibility index (Phi) is 4.34. The van der Waals surface area contributed by atoms with E-state index in [1.165, 1.54) is 6.42 Å². The Morgan fingerprint density at radius 2 is 2.35 bits per heavy atom. The highest BCUT2D eigenvalue weighted by atomic mass is 16.3. The van der Waals surface area contributed by atoms with Gasteiger partial charge in [-0.15, -0.1) is 0 Å². The molecule has 1 unspecified atom stereocenters. The summed E-state index contributed by atoms with van der Waals surface area (Å²) in [7, 11) is 0. The highest BCUT2D eigenvalue weighted by Gasteiger charge is 2.22. The van der Waals surface area contributed by atoms with Crippen molar-refractivity contribution in [3.8, 4) is 0 Å². The predicted octanol–water partition coefficient (Wildman–Crippen LogP) is 1.43. The van der Waals surface area contributed by atoms with Crippen LogP contribution in [0.5, 0.6) is 0 Å². The third-order valence-corrected chi connectivity index (χ3v) is 3.45. The van der Waals surface area contributed by atoms with Gasteiger partial charge in [-0.25, -0.2) is 0 Å². The monoisotopic (exact) mass is 236 g/mol. The van der Waals surface area contributed by atoms with Gasteiger partial charge in [0.25, 0.3) is 0 Å². The van der Waals surface area contributed by atoms with E-state index in [0.717, 1.165) is 25.8 Å². The molecule has 1 aliphatic rings. The standard InChI is InChI=1S/C13H20N2O2/c16-10-11-5-2-1-3-8-15(11)9-13(17)12-6-4-7-14-12/h4,6-7,11,14,16H,1-3,5,8-10H2. The summed E-state index contributed by atoms with van der Waals surface area (Å²) >= 11 is 0. The molecule has 0 aliphatic carbocycles. The number of aliphatic hydroxyl groups is 1. The van der Waals surface area contributed by atoms with E-state index in [4.69, 9.17) is 0 Å². The molecule has 2 rings (SSSR count). The fraction of sp³-hybridized carbons (Fsp3) is 0.615. The molecule has 1 aliphatic heterocycles. The fourth-order valence-corrected chi connectivity index (χ4v) is 2.43. The van der Waals surface area contributed by atoms with E-state index in [1.807, 2.05) is 6.07 Å². The number of aromatic amines is 1. The number of hydrogen-bond donors (Lipinski definition) is 2. The minimum absolute atomic E-state index is 0.107. The number of ketones is 1. The van der Waals surface area contributed by atoms with Gasteiger partial charge in [0.1, 0.15) is 0 Å². The number of Topliss-reactive ketones (excluding diaryl/α,β-unsaturated/α-hetero) is 1. The number of nitrogens with zero attached hydrogens (tertiary/aromatic N) is 1. The van der Waals surface area contributed by atoms with E-state index in [2.05, 4.69) is 9.88 Å². The van der Waals surface area contributed by atoms with Crippen LogP contribution in [0.4, 0.5) is 0 Å². The molecule has 1 fully saturated rings. The number of nitrogens with one attached hydrogen (secondary N) is 1. The van der Waals surface area contributed by atoms with E-state index >= 15 is 0 Å². The highest BCUT2D eigenvalue weighted by Crippen LogP contribution is 2.16. The summed E-state index contributed by atoms with van der Waals surface area (Å²) in [5, 5.41) is 9.37. The summed E-state index contributed by atoms with van der Waals surface area (Å²) in [6, 6.07) is 3.78. The van der Waals surface area contributed by atoms with Crippen LogP contribution in [-0.2, 0) is 0 Å². The Morgan fingerprint density at radius 3 is 3.06 bits per heavy atom. The molecule has 4 heteroatoms. The maximum atomic E-state index is 12.0. The molecule has 0 spiro atoms. The number of H-pyrrole nitrogens is 1. The van der Waals surface area contributed by atoms with Gasteiger partial charge in [-0.2, -0.15) is 0 Å². The largest absolute Gasteiger partial charge is 0.395 e. The Bertz CT molecular complexity index is 348. The van der Waals surface area contributed by atoms with Crippen LogP contribution >= 0.6 is 0 Å². The topological polar surface area (TPSA) is 56.3 Å². The molecule has 17 heavy (non-hydrogen) atoms. The first-order valence-electron chi connectivity index (χ1n) is 6.33. The van der Waals surface area contributed by atoms with Gasteiger partial charge >= 0.3 is 0 Å². The van der Waals surface area contributed by atoms with Crippen molar-refractivity contribution in [3.05, 3.63) is 24.0 Å². The number of rotatable bonds is 4. The average Bonchev–Trinajstić information content (AvgIpc) is 2.78. The number of aliphatic hydroxyl groups excluding tert-OH is 1. The lowest BCUT2D eigenvalue weighted by atomic mass is 10.1. The van der Waals surface area contributed by atoms with Crippen LogP contribution in [0.2, 0.25) is 0 Å². The maximum Gasteiger partial charge on any atom is 0.192 e. The van der Waals surface area contributed by atoms with Crippen molar-refractivity contribution in [1.29, 1.82) is 0 Å². The number of hydrogen-bond acceptors (Lipinski definition) is 3. The molecule has 2 heterocycles. The first-order chi connectivity index (χ1) is 8.31. The third kappa shape index (κ3) is 3.17. The van der Waals surface area contributed by atoms with Crippen LogP contribution in [0.3, 0.4) is 0 Å². The summed E-state index contributed by atoms with van der Waals surface area (Å²) in [5.41, 5.74) is 0.658. The van der Waals surface area contributed by atoms with Gasteiger partial charge in [-0.05, 0) is 31.5 Å². The first-order valence-corrected chi connectivity index (χ1v) is 6.33. The molecule has 1 aromatic heterocycles. The molecule has 94 valence electrons. The zero-order valence-corrected chi connectivity index (χ0v) is 10.1. The Morgan fingerprint density at radius 1 is 1.47 bits per heavy atom. The van der Waals surface area contributed by atoms with Crippen molar-refractivity contribution in [1.82, 2.24) is 9.88 Å². The number of carbonyl (C=O) groups excluding carboxylic acids is 1. The van der Waals surface area contributed by atoms with Crippen LogP contribution < -0.4 is 0 Å². The van der Waals surface area contributed by atoms with Crippen molar-refractivity contribution < 1.29 is 9.90 Å². The molecule has 0 bridgehead atoms. The molecular weight excluding hydrogens is 216 g/mol. The van der Waals surface area contributed by atoms with Crippen molar-refractivity contribution in [2.75, 3.05) is 19.7 Å². The molecule has 0 amide bonds. The minimum Gasteiger partial charge on any atom is -0.395 e. The van der Waals surface area contributed by atoms with Crippen molar-refractivity contribution in [2.24, 2.45) is 0 Å². The van der Waals surface area contributed by atoms with Crippen molar-refractivity contribution in [2.45, 2.75) is 31.7 Å². The molecule has 1 saturated heterocycles. The van der Waals surface area contributed by atoms with Gasteiger partial charge in [0.2, 0.25) is 0 Å². The van der Waals surface area contributed by atoms with Gasteiger partial charge in [-0.3, -0.25) is 9.69 Å². The molecule has 0 radical (unpaired) electrons. The van der Waals surface area contributed by atoms with E-state index in [0.29, 0.717) is 12.2 Å². The second kappa shape index (κ2) is 5.98. The molecule has 2 N–H and O–H groups in total. The summed E-state index contributed by atoms with van der Waals surface area (Å²) in [6.07, 6.45) is 6.23. The molecule has 1 aromatic rings. The van der Waals surface area contributed by atoms with Gasteiger partial charge in [-0.1, -0.05) is 12.8 Å². The quantitative estimate of drug-likeness (QED) is 0.778. The summed E-state index contributed by atoms with van der Waals surface area (Å²) in [5.74, 6) is 0.107. The Labute approximate surface area is 102 Å². The highest BCUT2D eigenvalue weighted by molar-refractivity contribution is 5.95. The zero-order chi connectivity index (χ0) is 12.1. The predicted molar refractivity (Wildman–Crippen MR) is 66.0 cm³/mol. The fourth-order valence-electron chi connectivity index (χ4n) is 2.43. The van der Waals surface area contributed by atoms with E-state index in [-0.39, 0.29) is 18.4 Å². The molecule has 1 atom stereocenters. The number of aromatic nitrogens is 1. The maximum absolute atomic E-state index is 12.0. The van der Waals surface area contributed by atoms with Gasteiger partial charge in [0.15, 0.2) is 5.78 Å². The van der Waals surface area contributed by atoms with E-state index in [1.54, 1.807) is 12.3 Å². The Hall–Kier alpha value is -1.13. The Balaban J connectivity index is 1.97. The lowest BCUT2D eigenvalue weighted by Gasteiger charge is -2.27. The number of carbonyl (C=O) groups is 1. The second-order valence-electron chi connectivity index (χ2n) is 4.66. The van der Waals surface area contributed by atoms with E-state index in [9.17, 15) is 9.90 Å². The average molecular weight is 236 g/mol. The third-order valence-electron chi connectivity index (χ3n) is 3.45. The van der Waals surface area contributed by atoms with Crippen molar-refractivity contribution >= 4 is 5.78 Å². The van der Waals surface area contributed by atoms with Gasteiger partial charge in [0.05, 0.1) is 18.8 Å². The van der Waals surface area contributed by atoms with Crippen molar-refractivity contribution in [3.63, 3.8) is 0 Å². The van der Waals surface area contributed by atoms with E-state index < -0.39 is 0 Å². The van der Waals surface area contributed by atoms with Crippen LogP contribution in [0.1, 0.15) is 36.2 Å². The second-order valence-corrected chi connectivity index (χ2v) is 4.66. The zero-order valence-electron chi connectivity index (χ0n) is 10.1. The van der Waals surface area contributed by atoms with Gasteiger partial charge in [0, 0.05) is 12.2 Å². The molecule has 0 saturated carbocycles. The number of likely N-dealkylation sites (tertiary alicyclic amines) is 1. The molecule has 0 aromatic carbocycles. The summed E-state index contributed by atoms with van der Waals surface area (Å²) < 4.78 is 0. The lowest BCUT2D eigenvalue weighted by Crippen LogP contribution is -2.40. The molecular formula is C13H20N2O2.